The fourth-order valence-electron chi connectivity index (χ4n) is 4.34. The fourth-order valence-corrected chi connectivity index (χ4v) is 4.75. The molecule has 0 fully saturated rings. The van der Waals surface area contributed by atoms with Crippen molar-refractivity contribution in [3.63, 3.8) is 0 Å². The van der Waals surface area contributed by atoms with Crippen molar-refractivity contribution in [2.24, 2.45) is 0 Å². The fraction of sp³-hybridized carbons (Fsp3) is 0.310. The summed E-state index contributed by atoms with van der Waals surface area (Å²) in [4.78, 5) is 0. The Kier molecular flexibility index (Phi) is 8.48. The topological polar surface area (TPSA) is 30.5 Å². The van der Waals surface area contributed by atoms with E-state index >= 15 is 0 Å². The molecule has 0 unspecified atom stereocenters. The van der Waals surface area contributed by atoms with Gasteiger partial charge in [0.05, 0.1) is 7.11 Å². The minimum Gasteiger partial charge on any atom is -0.496 e. The Balaban J connectivity index is 1.65. The summed E-state index contributed by atoms with van der Waals surface area (Å²) in [5.41, 5.74) is 6.09. The molecule has 1 N–H and O–H groups in total. The van der Waals surface area contributed by atoms with Gasteiger partial charge in [0.15, 0.2) is 0 Å². The molecule has 0 saturated carbocycles. The van der Waals surface area contributed by atoms with Crippen molar-refractivity contribution >= 4 is 21.6 Å². The van der Waals surface area contributed by atoms with Crippen LogP contribution in [0.25, 0.3) is 5.70 Å². The van der Waals surface area contributed by atoms with Gasteiger partial charge in [-0.3, -0.25) is 0 Å². The summed E-state index contributed by atoms with van der Waals surface area (Å²) in [5, 5.41) is 3.68. The van der Waals surface area contributed by atoms with Crippen LogP contribution in [0.2, 0.25) is 0 Å². The Morgan fingerprint density at radius 1 is 0.879 bits per heavy atom. The largest absolute Gasteiger partial charge is 0.496 e. The second-order valence-corrected chi connectivity index (χ2v) is 9.32. The molecule has 0 atom stereocenters. The van der Waals surface area contributed by atoms with Crippen LogP contribution in [0.3, 0.4) is 0 Å². The summed E-state index contributed by atoms with van der Waals surface area (Å²) in [6.45, 7) is 1.57. The van der Waals surface area contributed by atoms with E-state index in [4.69, 9.17) is 9.47 Å². The molecule has 4 rings (SSSR count). The van der Waals surface area contributed by atoms with Crippen LogP contribution in [-0.4, -0.2) is 13.7 Å². The Bertz CT molecular complexity index is 1080. The number of benzene rings is 3. The molecule has 0 aliphatic carbocycles. The van der Waals surface area contributed by atoms with Crippen LogP contribution < -0.4 is 14.8 Å². The first kappa shape index (κ1) is 23.4. The number of halogens is 1. The first-order valence-electron chi connectivity index (χ1n) is 11.8. The predicted octanol–water partition coefficient (Wildman–Crippen LogP) is 7.33. The maximum atomic E-state index is 6.38. The van der Waals surface area contributed by atoms with Crippen molar-refractivity contribution in [3.05, 3.63) is 99.5 Å². The van der Waals surface area contributed by atoms with Crippen LogP contribution in [-0.2, 0) is 19.4 Å². The average molecular weight is 506 g/mol. The van der Waals surface area contributed by atoms with Gasteiger partial charge in [-0.15, -0.1) is 0 Å². The molecule has 0 radical (unpaired) electrons. The van der Waals surface area contributed by atoms with E-state index in [0.29, 0.717) is 6.61 Å². The normalized spacial score (nSPS) is 15.5. The smallest absolute Gasteiger partial charge is 0.123 e. The van der Waals surface area contributed by atoms with E-state index in [1.165, 1.54) is 47.2 Å². The lowest BCUT2D eigenvalue weighted by Gasteiger charge is -2.21. The van der Waals surface area contributed by atoms with E-state index in [0.717, 1.165) is 41.8 Å². The summed E-state index contributed by atoms with van der Waals surface area (Å²) >= 11 is 3.61. The number of nitrogens with one attached hydrogen (secondary N) is 1. The highest BCUT2D eigenvalue weighted by Gasteiger charge is 2.16. The summed E-state index contributed by atoms with van der Waals surface area (Å²) < 4.78 is 13.1. The van der Waals surface area contributed by atoms with E-state index in [1.54, 1.807) is 7.11 Å². The number of hydrogen-bond acceptors (Lipinski definition) is 3. The van der Waals surface area contributed by atoms with Gasteiger partial charge in [-0.05, 0) is 67.5 Å². The third-order valence-corrected chi connectivity index (χ3v) is 6.59. The van der Waals surface area contributed by atoms with E-state index in [2.05, 4.69) is 75.9 Å². The van der Waals surface area contributed by atoms with Crippen molar-refractivity contribution in [1.29, 1.82) is 0 Å². The van der Waals surface area contributed by atoms with Gasteiger partial charge in [0.2, 0.25) is 0 Å². The summed E-state index contributed by atoms with van der Waals surface area (Å²) in [6.07, 6.45) is 8.95. The van der Waals surface area contributed by atoms with E-state index < -0.39 is 0 Å². The zero-order valence-electron chi connectivity index (χ0n) is 19.3. The highest BCUT2D eigenvalue weighted by molar-refractivity contribution is 9.10. The van der Waals surface area contributed by atoms with Crippen molar-refractivity contribution in [2.75, 3.05) is 13.7 Å². The van der Waals surface area contributed by atoms with E-state index in [-0.39, 0.29) is 0 Å². The molecular weight excluding hydrogens is 474 g/mol. The van der Waals surface area contributed by atoms with Gasteiger partial charge < -0.3 is 14.8 Å². The first-order valence-corrected chi connectivity index (χ1v) is 12.6. The van der Waals surface area contributed by atoms with Gasteiger partial charge in [-0.25, -0.2) is 0 Å². The SMILES string of the molecule is COc1ccc(Br)cc1CCc1c(OCc2ccccc2)cccc1/C1=C/CCCCCN1. The van der Waals surface area contributed by atoms with Crippen molar-refractivity contribution in [1.82, 2.24) is 5.32 Å². The second kappa shape index (κ2) is 11.9. The lowest BCUT2D eigenvalue weighted by atomic mass is 9.95. The van der Waals surface area contributed by atoms with Gasteiger partial charge >= 0.3 is 0 Å². The standard InChI is InChI=1S/C29H32BrNO2/c1-32-28-18-16-24(30)20-23(28)15-17-26-25(27-13-7-2-3-8-19-31-27)12-9-14-29(26)33-21-22-10-5-4-6-11-22/h4-6,9-14,16,18,20,31H,2-3,7-8,15,17,19,21H2,1H3/b27-13-. The molecule has 1 aliphatic rings. The third kappa shape index (κ3) is 6.42. The molecule has 33 heavy (non-hydrogen) atoms. The molecule has 3 nitrogen and oxygen atoms in total. The van der Waals surface area contributed by atoms with Crippen LogP contribution in [0.15, 0.2) is 77.3 Å². The van der Waals surface area contributed by atoms with Gasteiger partial charge in [-0.1, -0.05) is 70.9 Å². The van der Waals surface area contributed by atoms with Crippen LogP contribution in [0, 0.1) is 0 Å². The first-order chi connectivity index (χ1) is 16.2. The molecule has 3 aromatic carbocycles. The van der Waals surface area contributed by atoms with Crippen molar-refractivity contribution in [2.45, 2.75) is 45.1 Å². The van der Waals surface area contributed by atoms with Crippen molar-refractivity contribution < 1.29 is 9.47 Å². The Morgan fingerprint density at radius 2 is 1.76 bits per heavy atom. The number of allylic oxidation sites excluding steroid dienone is 1. The highest BCUT2D eigenvalue weighted by Crippen LogP contribution is 2.32. The molecule has 3 aromatic rings. The summed E-state index contributed by atoms with van der Waals surface area (Å²) in [6, 6.07) is 23.0. The van der Waals surface area contributed by atoms with Crippen molar-refractivity contribution in [3.8, 4) is 11.5 Å². The summed E-state index contributed by atoms with van der Waals surface area (Å²) in [5.74, 6) is 1.88. The number of hydrogen-bond donors (Lipinski definition) is 1. The molecule has 0 aromatic heterocycles. The van der Waals surface area contributed by atoms with Gasteiger partial charge in [0, 0.05) is 27.8 Å². The molecule has 0 spiro atoms. The van der Waals surface area contributed by atoms with Crippen LogP contribution in [0.4, 0.5) is 0 Å². The number of methoxy groups -OCH3 is 1. The Labute approximate surface area is 206 Å². The molecule has 1 heterocycles. The molecular formula is C29H32BrNO2. The molecule has 172 valence electrons. The van der Waals surface area contributed by atoms with Crippen LogP contribution in [0.5, 0.6) is 11.5 Å². The average Bonchev–Trinajstić information content (AvgIpc) is 2.82. The predicted molar refractivity (Wildman–Crippen MR) is 140 cm³/mol. The summed E-state index contributed by atoms with van der Waals surface area (Å²) in [7, 11) is 1.73. The number of ether oxygens (including phenoxy) is 2. The van der Waals surface area contributed by atoms with Gasteiger partial charge in [-0.2, -0.15) is 0 Å². The Morgan fingerprint density at radius 3 is 2.61 bits per heavy atom. The maximum absolute atomic E-state index is 6.38. The molecule has 1 aliphatic heterocycles. The van der Waals surface area contributed by atoms with E-state index in [9.17, 15) is 0 Å². The Hall–Kier alpha value is -2.72. The van der Waals surface area contributed by atoms with E-state index in [1.807, 2.05) is 18.2 Å². The lowest BCUT2D eigenvalue weighted by molar-refractivity contribution is 0.302. The zero-order chi connectivity index (χ0) is 22.9. The zero-order valence-corrected chi connectivity index (χ0v) is 20.9. The second-order valence-electron chi connectivity index (χ2n) is 8.41. The number of rotatable bonds is 8. The third-order valence-electron chi connectivity index (χ3n) is 6.09. The highest BCUT2D eigenvalue weighted by atomic mass is 79.9. The van der Waals surface area contributed by atoms with Gasteiger partial charge in [0.25, 0.3) is 0 Å². The quantitative estimate of drug-likeness (QED) is 0.347. The molecule has 0 saturated heterocycles. The van der Waals surface area contributed by atoms with Crippen LogP contribution >= 0.6 is 15.9 Å². The van der Waals surface area contributed by atoms with Crippen LogP contribution in [0.1, 0.15) is 47.9 Å². The lowest BCUT2D eigenvalue weighted by Crippen LogP contribution is -2.17. The minimum absolute atomic E-state index is 0.559. The molecule has 0 bridgehead atoms. The monoisotopic (exact) mass is 505 g/mol. The van der Waals surface area contributed by atoms with Gasteiger partial charge in [0.1, 0.15) is 18.1 Å². The number of aryl methyl sites for hydroxylation is 1. The maximum Gasteiger partial charge on any atom is 0.123 e. The molecule has 4 heteroatoms. The molecule has 0 amide bonds. The minimum atomic E-state index is 0.559.